The monoisotopic (exact) mass is 435 g/mol. The number of rotatable bonds is 6. The first kappa shape index (κ1) is 21.6. The quantitative estimate of drug-likeness (QED) is 0.300. The Bertz CT molecular complexity index is 622. The number of nitrogens with two attached hydrogens (primary N) is 1. The van der Waals surface area contributed by atoms with Gasteiger partial charge in [-0.2, -0.15) is 0 Å². The zero-order valence-corrected chi connectivity index (χ0v) is 16.4. The predicted molar refractivity (Wildman–Crippen MR) is 95.5 cm³/mol. The third kappa shape index (κ3) is 5.55. The van der Waals surface area contributed by atoms with Crippen LogP contribution >= 0.6 is 58.0 Å². The van der Waals surface area contributed by atoms with E-state index >= 15 is 0 Å². The molecule has 10 heteroatoms. The number of hydrogen-bond donors (Lipinski definition) is 1. The molecule has 0 spiro atoms. The van der Waals surface area contributed by atoms with Crippen LogP contribution in [0.1, 0.15) is 20.3 Å². The van der Waals surface area contributed by atoms with Crippen molar-refractivity contribution in [2.24, 2.45) is 11.7 Å². The van der Waals surface area contributed by atoms with Gasteiger partial charge in [0.2, 0.25) is 0 Å². The molecule has 0 aliphatic heterocycles. The van der Waals surface area contributed by atoms with Crippen LogP contribution in [0.4, 0.5) is 0 Å². The van der Waals surface area contributed by atoms with Crippen molar-refractivity contribution in [1.29, 1.82) is 0 Å². The fraction of sp³-hybridized carbons (Fsp3) is 0.429. The van der Waals surface area contributed by atoms with E-state index in [0.29, 0.717) is 0 Å². The van der Waals surface area contributed by atoms with E-state index in [1.807, 2.05) is 13.8 Å². The maximum atomic E-state index is 11.9. The minimum atomic E-state index is -1.19. The lowest BCUT2D eigenvalue weighted by molar-refractivity contribution is -0.149. The second-order valence-corrected chi connectivity index (χ2v) is 7.10. The molecule has 2 N–H and O–H groups in total. The van der Waals surface area contributed by atoms with Crippen LogP contribution < -0.4 is 10.5 Å². The molecule has 0 saturated carbocycles. The van der Waals surface area contributed by atoms with Crippen LogP contribution in [0.15, 0.2) is 0 Å². The lowest BCUT2D eigenvalue weighted by Gasteiger charge is -2.14. The third-order valence-electron chi connectivity index (χ3n) is 2.63. The summed E-state index contributed by atoms with van der Waals surface area (Å²) in [6.45, 7) is 3.93. The van der Waals surface area contributed by atoms with E-state index in [9.17, 15) is 9.59 Å². The smallest absolute Gasteiger partial charge is 0.323 e. The Morgan fingerprint density at radius 3 is 1.88 bits per heavy atom. The van der Waals surface area contributed by atoms with E-state index in [-0.39, 0.29) is 43.4 Å². The Morgan fingerprint density at radius 2 is 1.42 bits per heavy atom. The summed E-state index contributed by atoms with van der Waals surface area (Å²) >= 11 is 29.5. The van der Waals surface area contributed by atoms with Crippen molar-refractivity contribution in [1.82, 2.24) is 0 Å². The molecular formula is C14H14Cl5NO4. The highest BCUT2D eigenvalue weighted by atomic mass is 35.5. The van der Waals surface area contributed by atoms with Crippen LogP contribution in [0.25, 0.3) is 0 Å². The van der Waals surface area contributed by atoms with Crippen molar-refractivity contribution in [3.05, 3.63) is 25.1 Å². The predicted octanol–water partition coefficient (Wildman–Crippen LogP) is 4.78. The highest BCUT2D eigenvalue weighted by Gasteiger charge is 2.25. The van der Waals surface area contributed by atoms with Crippen LogP contribution in [0.5, 0.6) is 5.75 Å². The summed E-state index contributed by atoms with van der Waals surface area (Å²) in [4.78, 5) is 23.6. The largest absolute Gasteiger partial charge is 0.464 e. The molecule has 0 fully saturated rings. The highest BCUT2D eigenvalue weighted by molar-refractivity contribution is 6.55. The number of carbonyl (C=O) groups excluding carboxylic acids is 2. The molecule has 1 rings (SSSR count). The second-order valence-electron chi connectivity index (χ2n) is 5.21. The number of esters is 2. The van der Waals surface area contributed by atoms with Crippen LogP contribution in [0.2, 0.25) is 25.1 Å². The minimum Gasteiger partial charge on any atom is -0.464 e. The van der Waals surface area contributed by atoms with Gasteiger partial charge in [0.05, 0.1) is 28.1 Å². The standard InChI is InChI=1S/C14H14Cl5NO4/c1-5(2)4-23-14(22)6(20)3-7(21)24-13-11(18)9(16)8(15)10(17)12(13)19/h5-6H,3-4,20H2,1-2H3. The molecule has 0 aliphatic rings. The third-order valence-corrected chi connectivity index (χ3v) is 4.88. The van der Waals surface area contributed by atoms with Crippen molar-refractivity contribution in [2.75, 3.05) is 6.61 Å². The number of benzene rings is 1. The van der Waals surface area contributed by atoms with Gasteiger partial charge in [-0.25, -0.2) is 0 Å². The maximum Gasteiger partial charge on any atom is 0.323 e. The summed E-state index contributed by atoms with van der Waals surface area (Å²) in [6, 6.07) is -1.19. The lowest BCUT2D eigenvalue weighted by Crippen LogP contribution is -2.36. The molecule has 0 saturated heterocycles. The van der Waals surface area contributed by atoms with Gasteiger partial charge in [-0.3, -0.25) is 9.59 Å². The fourth-order valence-corrected chi connectivity index (χ4v) is 2.65. The van der Waals surface area contributed by atoms with Gasteiger partial charge in [-0.05, 0) is 5.92 Å². The zero-order valence-electron chi connectivity index (χ0n) is 12.7. The van der Waals surface area contributed by atoms with Crippen LogP contribution in [0.3, 0.4) is 0 Å². The average molecular weight is 438 g/mol. The van der Waals surface area contributed by atoms with Gasteiger partial charge in [0, 0.05) is 0 Å². The van der Waals surface area contributed by atoms with Crippen molar-refractivity contribution in [3.63, 3.8) is 0 Å². The van der Waals surface area contributed by atoms with Gasteiger partial charge in [-0.15, -0.1) is 0 Å². The van der Waals surface area contributed by atoms with Gasteiger partial charge in [0.1, 0.15) is 16.1 Å². The Hall–Kier alpha value is -0.430. The molecule has 1 aromatic rings. The SMILES string of the molecule is CC(C)COC(=O)C(N)CC(=O)Oc1c(Cl)c(Cl)c(Cl)c(Cl)c1Cl. The molecule has 24 heavy (non-hydrogen) atoms. The van der Waals surface area contributed by atoms with Gasteiger partial charge in [-0.1, -0.05) is 71.9 Å². The first-order valence-electron chi connectivity index (χ1n) is 6.70. The van der Waals surface area contributed by atoms with Crippen LogP contribution in [-0.4, -0.2) is 24.6 Å². The Morgan fingerprint density at radius 1 is 0.958 bits per heavy atom. The van der Waals surface area contributed by atoms with Gasteiger partial charge in [0.15, 0.2) is 5.75 Å². The van der Waals surface area contributed by atoms with Gasteiger partial charge < -0.3 is 15.2 Å². The van der Waals surface area contributed by atoms with E-state index in [1.54, 1.807) is 0 Å². The molecule has 0 amide bonds. The fourth-order valence-electron chi connectivity index (χ4n) is 1.45. The van der Waals surface area contributed by atoms with E-state index in [4.69, 9.17) is 73.2 Å². The van der Waals surface area contributed by atoms with Crippen molar-refractivity contribution in [3.8, 4) is 5.75 Å². The molecule has 0 bridgehead atoms. The topological polar surface area (TPSA) is 78.6 Å². The number of carbonyl (C=O) groups is 2. The molecule has 1 atom stereocenters. The van der Waals surface area contributed by atoms with Crippen molar-refractivity contribution in [2.45, 2.75) is 26.3 Å². The van der Waals surface area contributed by atoms with Crippen LogP contribution in [0, 0.1) is 5.92 Å². The molecule has 5 nitrogen and oxygen atoms in total. The molecule has 0 aliphatic carbocycles. The number of ether oxygens (including phenoxy) is 2. The maximum absolute atomic E-state index is 11.9. The summed E-state index contributed by atoms with van der Waals surface area (Å²) in [7, 11) is 0. The molecule has 1 aromatic carbocycles. The Labute approximate surface area is 164 Å². The first-order chi connectivity index (χ1) is 11.1. The highest BCUT2D eigenvalue weighted by Crippen LogP contribution is 2.48. The Balaban J connectivity index is 2.81. The van der Waals surface area contributed by atoms with E-state index in [0.717, 1.165) is 0 Å². The summed E-state index contributed by atoms with van der Waals surface area (Å²) < 4.78 is 9.96. The van der Waals surface area contributed by atoms with E-state index in [1.165, 1.54) is 0 Å². The summed E-state index contributed by atoms with van der Waals surface area (Å²) in [5.74, 6) is -1.69. The zero-order chi connectivity index (χ0) is 18.6. The molecule has 134 valence electrons. The second kappa shape index (κ2) is 9.32. The summed E-state index contributed by atoms with van der Waals surface area (Å²) in [5, 5.41) is -0.657. The minimum absolute atomic E-state index is 0.0675. The Kier molecular flexibility index (Phi) is 8.39. The molecule has 1 unspecified atom stereocenters. The van der Waals surface area contributed by atoms with E-state index in [2.05, 4.69) is 0 Å². The van der Waals surface area contributed by atoms with Gasteiger partial charge >= 0.3 is 11.9 Å². The van der Waals surface area contributed by atoms with Crippen molar-refractivity contribution < 1.29 is 19.1 Å². The van der Waals surface area contributed by atoms with Gasteiger partial charge in [0.25, 0.3) is 0 Å². The average Bonchev–Trinajstić information content (AvgIpc) is 2.52. The first-order valence-corrected chi connectivity index (χ1v) is 8.59. The van der Waals surface area contributed by atoms with E-state index < -0.39 is 24.4 Å². The number of halogens is 5. The van der Waals surface area contributed by atoms with Crippen molar-refractivity contribution >= 4 is 69.9 Å². The normalized spacial score (nSPS) is 12.2. The summed E-state index contributed by atoms with van der Waals surface area (Å²) in [5.41, 5.74) is 5.60. The lowest BCUT2D eigenvalue weighted by atomic mass is 10.2. The molecular weight excluding hydrogens is 423 g/mol. The van der Waals surface area contributed by atoms with Crippen LogP contribution in [-0.2, 0) is 14.3 Å². The molecule has 0 radical (unpaired) electrons. The number of hydrogen-bond acceptors (Lipinski definition) is 5. The summed E-state index contributed by atoms with van der Waals surface area (Å²) in [6.07, 6.45) is -0.443. The molecule has 0 heterocycles. The molecule has 0 aromatic heterocycles.